The molecule has 2 N–H and O–H groups in total. The van der Waals surface area contributed by atoms with Crippen LogP contribution in [0.4, 0.5) is 16.4 Å². The molecule has 6 rings (SSSR count). The number of nitrogens with two attached hydrogens (primary N) is 1. The molecule has 1 amide bonds. The molecule has 0 spiro atoms. The fourth-order valence-corrected chi connectivity index (χ4v) is 5.83. The van der Waals surface area contributed by atoms with Crippen molar-refractivity contribution in [3.63, 3.8) is 0 Å². The lowest BCUT2D eigenvalue weighted by Crippen LogP contribution is -2.47. The molecular weight excluding hydrogens is 499 g/mol. The molecule has 2 unspecified atom stereocenters. The number of carbonyl (C=O) groups excluding carboxylic acids is 1. The van der Waals surface area contributed by atoms with Gasteiger partial charge in [-0.3, -0.25) is 4.79 Å². The first-order valence-electron chi connectivity index (χ1n) is 13.9. The average molecular weight is 535 g/mol. The van der Waals surface area contributed by atoms with E-state index >= 15 is 0 Å². The molecule has 4 heterocycles. The summed E-state index contributed by atoms with van der Waals surface area (Å²) in [5.74, 6) is 1.31. The van der Waals surface area contributed by atoms with Crippen molar-refractivity contribution >= 4 is 17.9 Å². The Bertz CT molecular complexity index is 1320. The van der Waals surface area contributed by atoms with Crippen LogP contribution in [0.5, 0.6) is 0 Å². The fourth-order valence-electron chi connectivity index (χ4n) is 5.83. The van der Waals surface area contributed by atoms with Gasteiger partial charge in [0.1, 0.15) is 5.82 Å². The highest BCUT2D eigenvalue weighted by Gasteiger charge is 2.35. The lowest BCUT2D eigenvalue weighted by molar-refractivity contribution is 0.0661. The molecule has 11 heteroatoms. The third kappa shape index (κ3) is 5.19. The van der Waals surface area contributed by atoms with E-state index in [1.54, 1.807) is 18.5 Å². The fraction of sp³-hybridized carbons (Fsp3) is 0.536. The molecule has 2 atom stereocenters. The molecule has 2 saturated heterocycles. The highest BCUT2D eigenvalue weighted by molar-refractivity contribution is 5.94. The lowest BCUT2D eigenvalue weighted by Gasteiger charge is -2.37. The Labute approximate surface area is 227 Å². The number of aryl methyl sites for hydroxylation is 1. The van der Waals surface area contributed by atoms with Crippen molar-refractivity contribution in [2.75, 3.05) is 42.5 Å². The summed E-state index contributed by atoms with van der Waals surface area (Å²) in [7, 11) is 0. The minimum Gasteiger partial charge on any atom is -0.339 e. The molecule has 2 aromatic heterocycles. The van der Waals surface area contributed by atoms with E-state index < -0.39 is 0 Å². The van der Waals surface area contributed by atoms with Gasteiger partial charge in [-0.2, -0.15) is 4.98 Å². The molecule has 1 aromatic carbocycles. The van der Waals surface area contributed by atoms with Gasteiger partial charge in [0.15, 0.2) is 5.82 Å². The molecule has 10 nitrogen and oxygen atoms in total. The van der Waals surface area contributed by atoms with Gasteiger partial charge >= 0.3 is 6.01 Å². The third-order valence-electron chi connectivity index (χ3n) is 8.23. The predicted octanol–water partition coefficient (Wildman–Crippen LogP) is 3.25. The first kappa shape index (κ1) is 25.7. The number of anilines is 2. The number of hydrogen-bond acceptors (Lipinski definition) is 9. The molecule has 3 fully saturated rings. The summed E-state index contributed by atoms with van der Waals surface area (Å²) in [5.41, 5.74) is 8.48. The standard InChI is InChI=1S/C28H35FN8O2/c1-3-37(20-8-10-35(11-9-20)28-33-25(34-39-28)18-5-6-18)26(38)19-13-31-27(32-14-19)36-15-22(24(30)16-36)21-12-17(2)4-7-23(21)29/h4,7,12-14,18,20,22,24H,3,5-6,8-11,15-16,30H2,1-2H3. The average Bonchev–Trinajstić information content (AvgIpc) is 3.56. The van der Waals surface area contributed by atoms with E-state index in [-0.39, 0.29) is 29.7 Å². The van der Waals surface area contributed by atoms with Crippen LogP contribution in [0, 0.1) is 12.7 Å². The minimum atomic E-state index is -0.240. The SMILES string of the molecule is CCN(C(=O)c1cnc(N2CC(N)C(c3cc(C)ccc3F)C2)nc1)C1CCN(c2nc(C3CC3)no2)CC1. The molecule has 0 bridgehead atoms. The van der Waals surface area contributed by atoms with E-state index in [0.29, 0.717) is 48.6 Å². The maximum atomic E-state index is 14.5. The summed E-state index contributed by atoms with van der Waals surface area (Å²) in [6, 6.07) is 5.59. The largest absolute Gasteiger partial charge is 0.339 e. The van der Waals surface area contributed by atoms with Gasteiger partial charge in [0.05, 0.1) is 5.56 Å². The van der Waals surface area contributed by atoms with Gasteiger partial charge in [-0.05, 0) is 51.2 Å². The number of aromatic nitrogens is 4. The molecule has 39 heavy (non-hydrogen) atoms. The number of nitrogens with zero attached hydrogens (tertiary/aromatic N) is 7. The van der Waals surface area contributed by atoms with Gasteiger partial charge in [0.25, 0.3) is 5.91 Å². The Morgan fingerprint density at radius 2 is 1.87 bits per heavy atom. The highest BCUT2D eigenvalue weighted by atomic mass is 19.1. The van der Waals surface area contributed by atoms with Crippen LogP contribution in [0.2, 0.25) is 0 Å². The molecular formula is C28H35FN8O2. The number of piperidine rings is 1. The predicted molar refractivity (Wildman–Crippen MR) is 144 cm³/mol. The van der Waals surface area contributed by atoms with Crippen molar-refractivity contribution in [1.29, 1.82) is 0 Å². The quantitative estimate of drug-likeness (QED) is 0.487. The van der Waals surface area contributed by atoms with Gasteiger partial charge in [0.2, 0.25) is 5.95 Å². The van der Waals surface area contributed by atoms with Gasteiger partial charge in [0, 0.05) is 69.0 Å². The van der Waals surface area contributed by atoms with Crippen LogP contribution in [0.1, 0.15) is 71.8 Å². The van der Waals surface area contributed by atoms with Crippen LogP contribution < -0.4 is 15.5 Å². The third-order valence-corrected chi connectivity index (χ3v) is 8.23. The summed E-state index contributed by atoms with van der Waals surface area (Å²) >= 11 is 0. The summed E-state index contributed by atoms with van der Waals surface area (Å²) in [4.78, 5) is 33.0. The smallest absolute Gasteiger partial charge is 0.324 e. The summed E-state index contributed by atoms with van der Waals surface area (Å²) in [5, 5.41) is 4.12. The van der Waals surface area contributed by atoms with E-state index in [2.05, 4.69) is 25.0 Å². The number of halogens is 1. The number of hydrogen-bond donors (Lipinski definition) is 1. The van der Waals surface area contributed by atoms with Gasteiger partial charge in [-0.25, -0.2) is 14.4 Å². The molecule has 1 aliphatic carbocycles. The van der Waals surface area contributed by atoms with E-state index in [0.717, 1.165) is 50.2 Å². The van der Waals surface area contributed by atoms with E-state index in [9.17, 15) is 9.18 Å². The zero-order chi connectivity index (χ0) is 27.1. The molecule has 3 aromatic rings. The lowest BCUT2D eigenvalue weighted by atomic mass is 9.93. The molecule has 1 saturated carbocycles. The Hall–Kier alpha value is -3.60. The number of rotatable bonds is 7. The summed E-state index contributed by atoms with van der Waals surface area (Å²) in [6.45, 7) is 7.10. The molecule has 206 valence electrons. The number of benzene rings is 1. The second kappa shape index (κ2) is 10.5. The molecule has 2 aliphatic heterocycles. The van der Waals surface area contributed by atoms with Crippen LogP contribution in [0.15, 0.2) is 35.1 Å². The first-order valence-corrected chi connectivity index (χ1v) is 13.9. The zero-order valence-corrected chi connectivity index (χ0v) is 22.5. The van der Waals surface area contributed by atoms with Crippen LogP contribution in [0.25, 0.3) is 0 Å². The summed E-state index contributed by atoms with van der Waals surface area (Å²) < 4.78 is 20.0. The summed E-state index contributed by atoms with van der Waals surface area (Å²) in [6.07, 6.45) is 7.10. The van der Waals surface area contributed by atoms with Crippen molar-refractivity contribution in [1.82, 2.24) is 25.0 Å². The zero-order valence-electron chi connectivity index (χ0n) is 22.5. The van der Waals surface area contributed by atoms with E-state index in [4.69, 9.17) is 10.3 Å². The molecule has 0 radical (unpaired) electrons. The Morgan fingerprint density at radius 1 is 1.13 bits per heavy atom. The topological polar surface area (TPSA) is 118 Å². The maximum absolute atomic E-state index is 14.5. The first-order chi connectivity index (χ1) is 18.9. The normalized spacial score (nSPS) is 21.9. The van der Waals surface area contributed by atoms with Gasteiger partial charge in [-0.15, -0.1) is 0 Å². The van der Waals surface area contributed by atoms with Crippen LogP contribution in [0.3, 0.4) is 0 Å². The second-order valence-corrected chi connectivity index (χ2v) is 11.0. The van der Waals surface area contributed by atoms with Gasteiger partial charge < -0.3 is 25.0 Å². The van der Waals surface area contributed by atoms with Crippen molar-refractivity contribution in [2.45, 2.75) is 63.5 Å². The van der Waals surface area contributed by atoms with Crippen LogP contribution in [-0.4, -0.2) is 75.7 Å². The Morgan fingerprint density at radius 3 is 2.56 bits per heavy atom. The van der Waals surface area contributed by atoms with Crippen molar-refractivity contribution in [3.8, 4) is 0 Å². The van der Waals surface area contributed by atoms with Crippen molar-refractivity contribution in [2.24, 2.45) is 5.73 Å². The van der Waals surface area contributed by atoms with Gasteiger partial charge in [-0.1, -0.05) is 22.9 Å². The maximum Gasteiger partial charge on any atom is 0.324 e. The molecule has 3 aliphatic rings. The number of amides is 1. The van der Waals surface area contributed by atoms with E-state index in [1.165, 1.54) is 6.07 Å². The van der Waals surface area contributed by atoms with Crippen molar-refractivity contribution in [3.05, 3.63) is 58.9 Å². The van der Waals surface area contributed by atoms with Crippen LogP contribution in [-0.2, 0) is 0 Å². The monoisotopic (exact) mass is 534 g/mol. The number of carbonyl (C=O) groups is 1. The Kier molecular flexibility index (Phi) is 6.92. The van der Waals surface area contributed by atoms with Crippen molar-refractivity contribution < 1.29 is 13.7 Å². The van der Waals surface area contributed by atoms with E-state index in [1.807, 2.05) is 29.7 Å². The minimum absolute atomic E-state index is 0.0749. The second-order valence-electron chi connectivity index (χ2n) is 11.0. The van der Waals surface area contributed by atoms with Crippen LogP contribution >= 0.6 is 0 Å². The Balaban J connectivity index is 1.08. The highest BCUT2D eigenvalue weighted by Crippen LogP contribution is 2.39.